The van der Waals surface area contributed by atoms with Gasteiger partial charge < -0.3 is 9.80 Å². The molecule has 2 heterocycles. The highest BCUT2D eigenvalue weighted by Crippen LogP contribution is 2.17. The molecule has 2 aromatic carbocycles. The minimum absolute atomic E-state index is 0.0584. The molecular formula is C24H25N5O. The molecule has 0 unspecified atom stereocenters. The number of pyridine rings is 1. The molecule has 0 aliphatic heterocycles. The molecule has 0 N–H and O–H groups in total. The molecule has 0 spiro atoms. The van der Waals surface area contributed by atoms with Gasteiger partial charge in [-0.15, -0.1) is 0 Å². The molecule has 0 aliphatic rings. The van der Waals surface area contributed by atoms with Gasteiger partial charge >= 0.3 is 0 Å². The van der Waals surface area contributed by atoms with Crippen LogP contribution in [-0.4, -0.2) is 46.7 Å². The number of amides is 1. The molecule has 2 aromatic heterocycles. The summed E-state index contributed by atoms with van der Waals surface area (Å²) in [4.78, 5) is 21.2. The summed E-state index contributed by atoms with van der Waals surface area (Å²) in [6.07, 6.45) is 3.40. The Kier molecular flexibility index (Phi) is 5.48. The zero-order valence-electron chi connectivity index (χ0n) is 17.5. The van der Waals surface area contributed by atoms with Crippen LogP contribution in [0.5, 0.6) is 0 Å². The van der Waals surface area contributed by atoms with Crippen LogP contribution < -0.4 is 4.90 Å². The van der Waals surface area contributed by atoms with Crippen molar-refractivity contribution < 1.29 is 4.79 Å². The predicted octanol–water partition coefficient (Wildman–Crippen LogP) is 3.82. The van der Waals surface area contributed by atoms with Crippen LogP contribution in [0.2, 0.25) is 0 Å². The van der Waals surface area contributed by atoms with Crippen LogP contribution in [0.3, 0.4) is 0 Å². The van der Waals surface area contributed by atoms with Gasteiger partial charge in [0.2, 0.25) is 0 Å². The Morgan fingerprint density at radius 1 is 0.933 bits per heavy atom. The molecule has 4 aromatic rings. The van der Waals surface area contributed by atoms with Gasteiger partial charge in [-0.25, -0.2) is 9.67 Å². The van der Waals surface area contributed by atoms with Gasteiger partial charge in [0.05, 0.1) is 18.3 Å². The molecule has 0 radical (unpaired) electrons. The lowest BCUT2D eigenvalue weighted by atomic mass is 10.1. The highest BCUT2D eigenvalue weighted by atomic mass is 16.2. The molecule has 0 atom stereocenters. The van der Waals surface area contributed by atoms with Crippen molar-refractivity contribution in [3.05, 3.63) is 89.7 Å². The largest absolute Gasteiger partial charge is 0.378 e. The normalized spacial score (nSPS) is 10.9. The quantitative estimate of drug-likeness (QED) is 0.495. The van der Waals surface area contributed by atoms with Crippen molar-refractivity contribution in [2.45, 2.75) is 13.1 Å². The van der Waals surface area contributed by atoms with Gasteiger partial charge in [0, 0.05) is 45.0 Å². The first-order valence-corrected chi connectivity index (χ1v) is 9.88. The third-order valence-electron chi connectivity index (χ3n) is 5.12. The summed E-state index contributed by atoms with van der Waals surface area (Å²) in [5.41, 5.74) is 4.71. The van der Waals surface area contributed by atoms with E-state index >= 15 is 0 Å². The van der Waals surface area contributed by atoms with E-state index < -0.39 is 0 Å². The summed E-state index contributed by atoms with van der Waals surface area (Å²) in [6, 6.07) is 20.2. The molecule has 30 heavy (non-hydrogen) atoms. The standard InChI is InChI=1S/C24H25N5O/c1-27(2)22-11-9-19(10-12-22)16-28(3)24(30)21-13-20-15-26-29(23(20)25-14-21)17-18-7-5-4-6-8-18/h4-15H,16-17H2,1-3H3. The Bertz CT molecular complexity index is 1150. The second-order valence-electron chi connectivity index (χ2n) is 7.65. The molecule has 6 nitrogen and oxygen atoms in total. The Balaban J connectivity index is 1.49. The van der Waals surface area contributed by atoms with E-state index in [1.54, 1.807) is 17.3 Å². The second-order valence-corrected chi connectivity index (χ2v) is 7.65. The molecule has 1 amide bonds. The van der Waals surface area contributed by atoms with E-state index in [0.717, 1.165) is 27.8 Å². The summed E-state index contributed by atoms with van der Waals surface area (Å²) in [7, 11) is 5.83. The first kappa shape index (κ1) is 19.6. The fourth-order valence-corrected chi connectivity index (χ4v) is 3.43. The monoisotopic (exact) mass is 399 g/mol. The Labute approximate surface area is 176 Å². The van der Waals surface area contributed by atoms with Gasteiger partial charge in [-0.2, -0.15) is 5.10 Å². The number of hydrogen-bond donors (Lipinski definition) is 0. The van der Waals surface area contributed by atoms with E-state index in [2.05, 4.69) is 39.2 Å². The number of hydrogen-bond acceptors (Lipinski definition) is 4. The molecule has 6 heteroatoms. The van der Waals surface area contributed by atoms with Crippen molar-refractivity contribution in [3.8, 4) is 0 Å². The minimum atomic E-state index is -0.0584. The Morgan fingerprint density at radius 3 is 2.37 bits per heavy atom. The summed E-state index contributed by atoms with van der Waals surface area (Å²) in [5, 5.41) is 5.31. The third kappa shape index (κ3) is 4.17. The molecule has 4 rings (SSSR count). The number of fused-ring (bicyclic) bond motifs is 1. The van der Waals surface area contributed by atoms with E-state index in [9.17, 15) is 4.79 Å². The zero-order chi connectivity index (χ0) is 21.1. The van der Waals surface area contributed by atoms with Gasteiger partial charge in [0.15, 0.2) is 5.65 Å². The van der Waals surface area contributed by atoms with E-state index in [4.69, 9.17) is 0 Å². The fourth-order valence-electron chi connectivity index (χ4n) is 3.43. The Morgan fingerprint density at radius 2 is 1.67 bits per heavy atom. The maximum Gasteiger partial charge on any atom is 0.255 e. The Hall–Kier alpha value is -3.67. The summed E-state index contributed by atoms with van der Waals surface area (Å²) < 4.78 is 1.86. The molecule has 0 saturated carbocycles. The number of rotatable bonds is 6. The van der Waals surface area contributed by atoms with Crippen molar-refractivity contribution in [2.75, 3.05) is 26.0 Å². The number of aromatic nitrogens is 3. The topological polar surface area (TPSA) is 54.3 Å². The summed E-state index contributed by atoms with van der Waals surface area (Å²) in [5.74, 6) is -0.0584. The number of carbonyl (C=O) groups excluding carboxylic acids is 1. The minimum Gasteiger partial charge on any atom is -0.378 e. The summed E-state index contributed by atoms with van der Waals surface area (Å²) >= 11 is 0. The first-order valence-electron chi connectivity index (χ1n) is 9.88. The smallest absolute Gasteiger partial charge is 0.255 e. The van der Waals surface area contributed by atoms with Gasteiger partial charge in [0.1, 0.15) is 0 Å². The average Bonchev–Trinajstić information content (AvgIpc) is 3.16. The highest BCUT2D eigenvalue weighted by Gasteiger charge is 2.15. The highest BCUT2D eigenvalue weighted by molar-refractivity contribution is 5.96. The van der Waals surface area contributed by atoms with Gasteiger partial charge in [-0.05, 0) is 29.3 Å². The number of carbonyl (C=O) groups is 1. The molecule has 0 saturated heterocycles. The van der Waals surface area contributed by atoms with Crippen molar-refractivity contribution in [1.29, 1.82) is 0 Å². The zero-order valence-corrected chi connectivity index (χ0v) is 17.5. The maximum absolute atomic E-state index is 12.9. The average molecular weight is 399 g/mol. The number of anilines is 1. The maximum atomic E-state index is 12.9. The van der Waals surface area contributed by atoms with E-state index in [0.29, 0.717) is 18.7 Å². The van der Waals surface area contributed by atoms with Crippen LogP contribution in [0.15, 0.2) is 73.1 Å². The lowest BCUT2D eigenvalue weighted by Gasteiger charge is -2.18. The van der Waals surface area contributed by atoms with Crippen LogP contribution in [0, 0.1) is 0 Å². The van der Waals surface area contributed by atoms with Crippen LogP contribution in [0.25, 0.3) is 11.0 Å². The summed E-state index contributed by atoms with van der Waals surface area (Å²) in [6.45, 7) is 1.19. The van der Waals surface area contributed by atoms with Crippen LogP contribution in [-0.2, 0) is 13.1 Å². The second kappa shape index (κ2) is 8.37. The molecular weight excluding hydrogens is 374 g/mol. The van der Waals surface area contributed by atoms with Crippen LogP contribution in [0.1, 0.15) is 21.5 Å². The third-order valence-corrected chi connectivity index (χ3v) is 5.12. The van der Waals surface area contributed by atoms with Crippen molar-refractivity contribution in [1.82, 2.24) is 19.7 Å². The number of benzene rings is 2. The molecule has 0 bridgehead atoms. The predicted molar refractivity (Wildman–Crippen MR) is 120 cm³/mol. The number of nitrogens with zero attached hydrogens (tertiary/aromatic N) is 5. The lowest BCUT2D eigenvalue weighted by Crippen LogP contribution is -2.26. The van der Waals surface area contributed by atoms with Gasteiger partial charge in [0.25, 0.3) is 5.91 Å². The molecule has 152 valence electrons. The van der Waals surface area contributed by atoms with Crippen LogP contribution >= 0.6 is 0 Å². The van der Waals surface area contributed by atoms with E-state index in [1.165, 1.54) is 0 Å². The van der Waals surface area contributed by atoms with Crippen molar-refractivity contribution >= 4 is 22.6 Å². The SMILES string of the molecule is CN(Cc1ccc(N(C)C)cc1)C(=O)c1cnc2c(cnn2Cc2ccccc2)c1. The molecule has 0 aliphatic carbocycles. The van der Waals surface area contributed by atoms with Crippen molar-refractivity contribution in [3.63, 3.8) is 0 Å². The van der Waals surface area contributed by atoms with Crippen LogP contribution in [0.4, 0.5) is 5.69 Å². The van der Waals surface area contributed by atoms with E-state index in [1.807, 2.05) is 62.2 Å². The van der Waals surface area contributed by atoms with Crippen molar-refractivity contribution in [2.24, 2.45) is 0 Å². The lowest BCUT2D eigenvalue weighted by molar-refractivity contribution is 0.0785. The molecule has 0 fully saturated rings. The fraction of sp³-hybridized carbons (Fsp3) is 0.208. The van der Waals surface area contributed by atoms with E-state index in [-0.39, 0.29) is 5.91 Å². The first-order chi connectivity index (χ1) is 14.5. The van der Waals surface area contributed by atoms with Gasteiger partial charge in [-0.1, -0.05) is 42.5 Å². The van der Waals surface area contributed by atoms with Gasteiger partial charge in [-0.3, -0.25) is 4.79 Å².